The summed E-state index contributed by atoms with van der Waals surface area (Å²) in [6, 6.07) is 11.4. The number of hydrogen-bond acceptors (Lipinski definition) is 19. The molecule has 264 valence electrons. The molecule has 1 aromatic heterocycles. The fourth-order valence-corrected chi connectivity index (χ4v) is 6.40. The van der Waals surface area contributed by atoms with Crippen LogP contribution >= 0.6 is 0 Å². The Morgan fingerprint density at radius 3 is 2.02 bits per heavy atom. The van der Waals surface area contributed by atoms with Crippen LogP contribution in [-0.4, -0.2) is 74.6 Å². The van der Waals surface area contributed by atoms with E-state index < -0.39 is 68.3 Å². The number of azo groups is 1. The van der Waals surface area contributed by atoms with Crippen LogP contribution in [0.15, 0.2) is 85.6 Å². The maximum absolute atomic E-state index is 12.4. The van der Waals surface area contributed by atoms with Crippen LogP contribution in [0.5, 0.6) is 0 Å². The zero-order valence-electron chi connectivity index (χ0n) is 24.6. The summed E-state index contributed by atoms with van der Waals surface area (Å²) in [6.07, 6.45) is 1.61. The highest BCUT2D eigenvalue weighted by atomic mass is 32.3. The Labute approximate surface area is 283 Å². The van der Waals surface area contributed by atoms with Crippen molar-refractivity contribution < 1.29 is 51.5 Å². The largest absolute Gasteiger partial charge is 0.398 e. The molecule has 4 rings (SSSR count). The number of hydrogen-bond donors (Lipinski definition) is 7. The van der Waals surface area contributed by atoms with Gasteiger partial charge >= 0.3 is 10.4 Å². The maximum atomic E-state index is 12.4. The van der Waals surface area contributed by atoms with Crippen molar-refractivity contribution in [3.63, 3.8) is 0 Å². The van der Waals surface area contributed by atoms with Gasteiger partial charge < -0.3 is 16.4 Å². The Kier molecular flexibility index (Phi) is 10.9. The second kappa shape index (κ2) is 14.6. The van der Waals surface area contributed by atoms with E-state index in [1.54, 1.807) is 6.19 Å². The number of nitrogens with two attached hydrogens (primary N) is 1. The van der Waals surface area contributed by atoms with Crippen LogP contribution in [-0.2, 0) is 44.7 Å². The molecule has 0 aliphatic carbocycles. The third-order valence-electron chi connectivity index (χ3n) is 5.90. The highest BCUT2D eigenvalue weighted by Crippen LogP contribution is 2.36. The molecule has 3 aromatic carbocycles. The van der Waals surface area contributed by atoms with Gasteiger partial charge in [-0.25, -0.2) is 12.6 Å². The fraction of sp³-hybridized carbons (Fsp3) is 0.0833. The van der Waals surface area contributed by atoms with Crippen molar-refractivity contribution >= 4 is 86.8 Å². The molecule has 0 amide bonds. The lowest BCUT2D eigenvalue weighted by molar-refractivity contribution is 0.284. The van der Waals surface area contributed by atoms with Gasteiger partial charge in [-0.3, -0.25) is 19.0 Å². The van der Waals surface area contributed by atoms with E-state index >= 15 is 0 Å². The molecule has 1 heterocycles. The number of nitrogens with zero attached hydrogens (tertiary/aromatic N) is 6. The van der Waals surface area contributed by atoms with Crippen molar-refractivity contribution in [3.05, 3.63) is 60.7 Å². The molecule has 0 bridgehead atoms. The predicted octanol–water partition coefficient (Wildman–Crippen LogP) is 2.34. The molecule has 0 aliphatic rings. The third kappa shape index (κ3) is 10.3. The SMILES string of the molecule is N#CNc1nc(Nc2cccc(S(=O)(=O)O)c2)nc(Nc2cc(N)c(S(=O)(=O)O)cc2/N=N/c2ccc(S(=O)(=O)CCOS(=O)(=O)O)cc2)n1. The first kappa shape index (κ1) is 37.4. The molecule has 0 saturated carbocycles. The second-order valence-electron chi connectivity index (χ2n) is 9.44. The zero-order valence-corrected chi connectivity index (χ0v) is 27.9. The van der Waals surface area contributed by atoms with E-state index in [1.807, 2.05) is 0 Å². The average molecular weight is 771 g/mol. The quantitative estimate of drug-likeness (QED) is 0.0318. The topological polar surface area (TPSA) is 356 Å². The molecule has 0 radical (unpaired) electrons. The van der Waals surface area contributed by atoms with Gasteiger partial charge in [-0.1, -0.05) is 6.07 Å². The third-order valence-corrected chi connectivity index (χ3v) is 9.82. The van der Waals surface area contributed by atoms with E-state index in [2.05, 4.69) is 45.3 Å². The van der Waals surface area contributed by atoms with Gasteiger partial charge in [0.15, 0.2) is 16.0 Å². The summed E-state index contributed by atoms with van der Waals surface area (Å²) in [5.74, 6) is -1.67. The molecule has 8 N–H and O–H groups in total. The Balaban J connectivity index is 1.68. The number of aromatic nitrogens is 3. The number of sulfone groups is 1. The summed E-state index contributed by atoms with van der Waals surface area (Å²) in [6.45, 7) is -0.848. The fourth-order valence-electron chi connectivity index (χ4n) is 3.77. The Bertz CT molecular complexity index is 2460. The summed E-state index contributed by atoms with van der Waals surface area (Å²) >= 11 is 0. The first-order valence-electron chi connectivity index (χ1n) is 13.0. The van der Waals surface area contributed by atoms with Gasteiger partial charge in [-0.05, 0) is 54.6 Å². The lowest BCUT2D eigenvalue weighted by Crippen LogP contribution is -2.15. The van der Waals surface area contributed by atoms with E-state index in [0.717, 1.165) is 36.4 Å². The first-order chi connectivity index (χ1) is 23.2. The Morgan fingerprint density at radius 1 is 0.780 bits per heavy atom. The van der Waals surface area contributed by atoms with E-state index in [1.165, 1.54) is 24.3 Å². The van der Waals surface area contributed by atoms with Crippen LogP contribution in [0.4, 0.5) is 46.3 Å². The molecule has 0 fully saturated rings. The number of nitriles is 1. The van der Waals surface area contributed by atoms with Gasteiger partial charge in [0.25, 0.3) is 20.2 Å². The number of rotatable bonds is 14. The second-order valence-corrected chi connectivity index (χ2v) is 15.5. The molecular formula is C24H22N10O12S4. The summed E-state index contributed by atoms with van der Waals surface area (Å²) < 4.78 is 125. The highest BCUT2D eigenvalue weighted by molar-refractivity contribution is 7.91. The van der Waals surface area contributed by atoms with Crippen molar-refractivity contribution in [2.24, 2.45) is 10.2 Å². The normalized spacial score (nSPS) is 12.4. The minimum atomic E-state index is -4.88. The van der Waals surface area contributed by atoms with E-state index in [4.69, 9.17) is 15.5 Å². The van der Waals surface area contributed by atoms with Crippen LogP contribution < -0.4 is 21.7 Å². The number of benzene rings is 3. The van der Waals surface area contributed by atoms with Crippen LogP contribution in [0.3, 0.4) is 0 Å². The zero-order chi connectivity index (χ0) is 36.9. The van der Waals surface area contributed by atoms with Crippen molar-refractivity contribution in [1.29, 1.82) is 5.26 Å². The molecule has 0 saturated heterocycles. The lowest BCUT2D eigenvalue weighted by atomic mass is 10.2. The van der Waals surface area contributed by atoms with Crippen molar-refractivity contribution in [2.75, 3.05) is 34.0 Å². The van der Waals surface area contributed by atoms with Gasteiger partial charge in [0.1, 0.15) is 10.6 Å². The van der Waals surface area contributed by atoms with Crippen LogP contribution in [0.2, 0.25) is 0 Å². The standard InChI is InChI=1S/C24H22N10O12S4/c25-13-27-22-30-23(28-15-2-1-3-17(10-15)48(37,38)39)32-24(31-22)29-19-11-18(26)21(49(40,41)42)12-20(19)34-33-14-4-6-16(7-5-14)47(35,36)9-8-46-50(43,44)45/h1-7,10-12H,8-9,26H2,(H,37,38,39)(H,40,41,42)(H,43,44,45)(H3,27,28,29,30,31,32)/b34-33+. The summed E-state index contributed by atoms with van der Waals surface area (Å²) in [7, 11) is -18.3. The van der Waals surface area contributed by atoms with Crippen molar-refractivity contribution in [3.8, 4) is 6.19 Å². The molecular weight excluding hydrogens is 749 g/mol. The number of nitrogen functional groups attached to an aromatic ring is 1. The monoisotopic (exact) mass is 770 g/mol. The van der Waals surface area contributed by atoms with Gasteiger partial charge in [0, 0.05) is 5.69 Å². The minimum Gasteiger partial charge on any atom is -0.398 e. The maximum Gasteiger partial charge on any atom is 0.397 e. The molecule has 0 spiro atoms. The van der Waals surface area contributed by atoms with Gasteiger partial charge in [-0.15, -0.1) is 5.11 Å². The molecule has 0 atom stereocenters. The molecule has 4 aromatic rings. The van der Waals surface area contributed by atoms with E-state index in [9.17, 15) is 42.8 Å². The van der Waals surface area contributed by atoms with Gasteiger partial charge in [-0.2, -0.15) is 50.6 Å². The van der Waals surface area contributed by atoms with Crippen LogP contribution in [0, 0.1) is 11.5 Å². The van der Waals surface area contributed by atoms with Crippen LogP contribution in [0.25, 0.3) is 0 Å². The number of nitrogens with one attached hydrogen (secondary N) is 3. The Hall–Kier alpha value is -5.40. The molecule has 22 nitrogen and oxygen atoms in total. The smallest absolute Gasteiger partial charge is 0.397 e. The van der Waals surface area contributed by atoms with Crippen LogP contribution in [0.1, 0.15) is 0 Å². The van der Waals surface area contributed by atoms with E-state index in [-0.39, 0.29) is 45.5 Å². The molecule has 26 heteroatoms. The lowest BCUT2D eigenvalue weighted by Gasteiger charge is -2.13. The first-order valence-corrected chi connectivity index (χ1v) is 18.9. The molecule has 50 heavy (non-hydrogen) atoms. The van der Waals surface area contributed by atoms with Crippen molar-refractivity contribution in [1.82, 2.24) is 15.0 Å². The molecule has 0 aliphatic heterocycles. The molecule has 0 unspecified atom stereocenters. The van der Waals surface area contributed by atoms with Crippen molar-refractivity contribution in [2.45, 2.75) is 14.7 Å². The number of anilines is 6. The van der Waals surface area contributed by atoms with E-state index in [0.29, 0.717) is 0 Å². The van der Waals surface area contributed by atoms with Gasteiger partial charge in [0.2, 0.25) is 17.8 Å². The minimum absolute atomic E-state index is 0.0357. The summed E-state index contributed by atoms with van der Waals surface area (Å²) in [5, 5.41) is 24.6. The average Bonchev–Trinajstić information content (AvgIpc) is 2.99. The predicted molar refractivity (Wildman–Crippen MR) is 173 cm³/mol. The Morgan fingerprint density at radius 2 is 1.42 bits per heavy atom. The van der Waals surface area contributed by atoms with Gasteiger partial charge in [0.05, 0.1) is 39.2 Å². The summed E-state index contributed by atoms with van der Waals surface area (Å²) in [5.41, 5.74) is 5.15. The summed E-state index contributed by atoms with van der Waals surface area (Å²) in [4.78, 5) is 10.7. The highest BCUT2D eigenvalue weighted by Gasteiger charge is 2.20.